The molecule has 0 aromatic rings. The van der Waals surface area contributed by atoms with Gasteiger partial charge in [0, 0.05) is 11.8 Å². The third kappa shape index (κ3) is 2.16. The zero-order valence-corrected chi connectivity index (χ0v) is 12.2. The fourth-order valence-corrected chi connectivity index (χ4v) is 3.87. The fraction of sp³-hybridized carbons (Fsp3) is 0.800. The van der Waals surface area contributed by atoms with Crippen molar-refractivity contribution >= 4 is 5.78 Å². The van der Waals surface area contributed by atoms with Crippen molar-refractivity contribution in [3.8, 4) is 0 Å². The summed E-state index contributed by atoms with van der Waals surface area (Å²) in [5.74, 6) is 0.138. The molecular weight excluding hydrogens is 244 g/mol. The van der Waals surface area contributed by atoms with Crippen LogP contribution in [0.2, 0.25) is 0 Å². The summed E-state index contributed by atoms with van der Waals surface area (Å²) in [5.41, 5.74) is -1.28. The number of allylic oxidation sites excluding steroid dienone is 1. The number of fused-ring (bicyclic) bond motifs is 1. The van der Waals surface area contributed by atoms with Gasteiger partial charge < -0.3 is 5.11 Å². The maximum Gasteiger partial charge on any atom is 0.156 e. The van der Waals surface area contributed by atoms with E-state index in [0.29, 0.717) is 12.8 Å². The van der Waals surface area contributed by atoms with E-state index >= 15 is 0 Å². The molecule has 2 N–H and O–H groups in total. The standard InChI is InChI=1S/C15H24O4/c1-10-7-12(16)9-14(4)6-5-11(13(2,3)17)8-15(10,14)19-18/h7,11,17-18H,5-6,8-9H2,1-4H3. The maximum atomic E-state index is 11.8. The van der Waals surface area contributed by atoms with Crippen LogP contribution in [0.4, 0.5) is 0 Å². The van der Waals surface area contributed by atoms with E-state index in [4.69, 9.17) is 4.89 Å². The van der Waals surface area contributed by atoms with Crippen molar-refractivity contribution in [2.45, 2.75) is 64.6 Å². The van der Waals surface area contributed by atoms with E-state index in [1.165, 1.54) is 0 Å². The topological polar surface area (TPSA) is 66.8 Å². The van der Waals surface area contributed by atoms with E-state index < -0.39 is 11.2 Å². The number of hydrogen-bond donors (Lipinski definition) is 2. The van der Waals surface area contributed by atoms with Crippen molar-refractivity contribution in [1.29, 1.82) is 0 Å². The molecule has 19 heavy (non-hydrogen) atoms. The quantitative estimate of drug-likeness (QED) is 0.597. The zero-order chi connectivity index (χ0) is 14.5. The second-order valence-electron chi connectivity index (χ2n) is 7.04. The summed E-state index contributed by atoms with van der Waals surface area (Å²) < 4.78 is 0. The third-order valence-electron chi connectivity index (χ3n) is 5.29. The lowest BCUT2D eigenvalue weighted by atomic mass is 9.53. The van der Waals surface area contributed by atoms with Crippen LogP contribution in [0.3, 0.4) is 0 Å². The summed E-state index contributed by atoms with van der Waals surface area (Å²) in [6.45, 7) is 7.41. The van der Waals surface area contributed by atoms with Crippen LogP contribution in [0.15, 0.2) is 11.6 Å². The molecule has 4 heteroatoms. The first-order valence-corrected chi connectivity index (χ1v) is 6.91. The number of ketones is 1. The van der Waals surface area contributed by atoms with E-state index in [1.54, 1.807) is 19.9 Å². The molecule has 0 aromatic heterocycles. The maximum absolute atomic E-state index is 11.8. The molecule has 1 saturated carbocycles. The molecule has 0 saturated heterocycles. The Morgan fingerprint density at radius 2 is 2.11 bits per heavy atom. The van der Waals surface area contributed by atoms with Gasteiger partial charge in [-0.05, 0) is 57.6 Å². The van der Waals surface area contributed by atoms with Gasteiger partial charge in [0.2, 0.25) is 0 Å². The summed E-state index contributed by atoms with van der Waals surface area (Å²) in [7, 11) is 0. The van der Waals surface area contributed by atoms with Crippen LogP contribution in [-0.4, -0.2) is 27.3 Å². The van der Waals surface area contributed by atoms with Gasteiger partial charge in [-0.2, -0.15) is 0 Å². The van der Waals surface area contributed by atoms with E-state index in [9.17, 15) is 15.2 Å². The molecule has 2 rings (SSSR count). The predicted molar refractivity (Wildman–Crippen MR) is 71.6 cm³/mol. The first kappa shape index (κ1) is 14.7. The van der Waals surface area contributed by atoms with Crippen molar-refractivity contribution in [2.75, 3.05) is 0 Å². The normalized spacial score (nSPS) is 39.8. The molecule has 3 unspecified atom stereocenters. The van der Waals surface area contributed by atoms with Crippen molar-refractivity contribution in [2.24, 2.45) is 11.3 Å². The summed E-state index contributed by atoms with van der Waals surface area (Å²) in [5, 5.41) is 19.8. The largest absolute Gasteiger partial charge is 0.390 e. The van der Waals surface area contributed by atoms with Crippen LogP contribution >= 0.6 is 0 Å². The Labute approximate surface area is 114 Å². The molecule has 1 fully saturated rings. The van der Waals surface area contributed by atoms with Gasteiger partial charge >= 0.3 is 0 Å². The van der Waals surface area contributed by atoms with Gasteiger partial charge in [0.1, 0.15) is 5.60 Å². The minimum atomic E-state index is -0.843. The number of aliphatic hydroxyl groups is 1. The molecule has 3 atom stereocenters. The Hall–Kier alpha value is -0.710. The van der Waals surface area contributed by atoms with Crippen LogP contribution in [-0.2, 0) is 9.68 Å². The van der Waals surface area contributed by atoms with Gasteiger partial charge in [0.15, 0.2) is 5.78 Å². The van der Waals surface area contributed by atoms with Gasteiger partial charge in [-0.1, -0.05) is 6.92 Å². The Morgan fingerprint density at radius 1 is 1.47 bits per heavy atom. The van der Waals surface area contributed by atoms with E-state index in [0.717, 1.165) is 18.4 Å². The summed E-state index contributed by atoms with van der Waals surface area (Å²) in [4.78, 5) is 16.7. The Bertz CT molecular complexity index is 420. The molecule has 0 spiro atoms. The Kier molecular flexibility index (Phi) is 3.40. The average molecular weight is 268 g/mol. The number of hydrogen-bond acceptors (Lipinski definition) is 4. The molecule has 2 aliphatic carbocycles. The Balaban J connectivity index is 2.44. The van der Waals surface area contributed by atoms with E-state index in [-0.39, 0.29) is 17.1 Å². The summed E-state index contributed by atoms with van der Waals surface area (Å²) >= 11 is 0. The fourth-order valence-electron chi connectivity index (χ4n) is 3.87. The molecule has 0 amide bonds. The molecule has 0 radical (unpaired) electrons. The van der Waals surface area contributed by atoms with Crippen LogP contribution in [0.25, 0.3) is 0 Å². The van der Waals surface area contributed by atoms with Crippen LogP contribution < -0.4 is 0 Å². The SMILES string of the molecule is CC1=CC(=O)CC2(C)CCC(C(C)(C)O)CC12OO. The smallest absolute Gasteiger partial charge is 0.156 e. The lowest BCUT2D eigenvalue weighted by Gasteiger charge is -2.55. The van der Waals surface area contributed by atoms with Crippen molar-refractivity contribution < 1.29 is 20.0 Å². The van der Waals surface area contributed by atoms with Crippen LogP contribution in [0.5, 0.6) is 0 Å². The van der Waals surface area contributed by atoms with E-state index in [2.05, 4.69) is 0 Å². The molecule has 0 bridgehead atoms. The van der Waals surface area contributed by atoms with E-state index in [1.807, 2.05) is 13.8 Å². The number of rotatable bonds is 2. The molecule has 0 aliphatic heterocycles. The minimum Gasteiger partial charge on any atom is -0.390 e. The monoisotopic (exact) mass is 268 g/mol. The first-order chi connectivity index (χ1) is 8.64. The van der Waals surface area contributed by atoms with Crippen molar-refractivity contribution in [3.05, 3.63) is 11.6 Å². The lowest BCUT2D eigenvalue weighted by Crippen LogP contribution is -2.58. The molecule has 108 valence electrons. The Morgan fingerprint density at radius 3 is 2.63 bits per heavy atom. The van der Waals surface area contributed by atoms with Crippen molar-refractivity contribution in [1.82, 2.24) is 0 Å². The first-order valence-electron chi connectivity index (χ1n) is 6.91. The van der Waals surface area contributed by atoms with Crippen LogP contribution in [0, 0.1) is 11.3 Å². The second kappa shape index (κ2) is 4.40. The molecular formula is C15H24O4. The van der Waals surface area contributed by atoms with Gasteiger partial charge in [0.25, 0.3) is 0 Å². The van der Waals surface area contributed by atoms with Gasteiger partial charge in [0.05, 0.1) is 5.60 Å². The predicted octanol–water partition coefficient (Wildman–Crippen LogP) is 2.71. The highest BCUT2D eigenvalue weighted by Gasteiger charge is 2.58. The summed E-state index contributed by atoms with van der Waals surface area (Å²) in [6, 6.07) is 0. The highest BCUT2D eigenvalue weighted by molar-refractivity contribution is 5.92. The second-order valence-corrected chi connectivity index (χ2v) is 7.04. The van der Waals surface area contributed by atoms with Gasteiger partial charge in [-0.15, -0.1) is 0 Å². The number of carbonyl (C=O) groups is 1. The average Bonchev–Trinajstić information content (AvgIpc) is 2.26. The molecule has 4 nitrogen and oxygen atoms in total. The van der Waals surface area contributed by atoms with Crippen LogP contribution in [0.1, 0.15) is 53.4 Å². The third-order valence-corrected chi connectivity index (χ3v) is 5.29. The minimum absolute atomic E-state index is 0.0456. The van der Waals surface area contributed by atoms with Gasteiger partial charge in [-0.3, -0.25) is 10.1 Å². The highest BCUT2D eigenvalue weighted by atomic mass is 17.1. The van der Waals surface area contributed by atoms with Crippen molar-refractivity contribution in [3.63, 3.8) is 0 Å². The number of carbonyl (C=O) groups excluding carboxylic acids is 1. The van der Waals surface area contributed by atoms with Gasteiger partial charge in [-0.25, -0.2) is 4.89 Å². The lowest BCUT2D eigenvalue weighted by molar-refractivity contribution is -0.354. The molecule has 0 aromatic carbocycles. The highest BCUT2D eigenvalue weighted by Crippen LogP contribution is 2.57. The zero-order valence-electron chi connectivity index (χ0n) is 12.2. The molecule has 0 heterocycles. The molecule has 2 aliphatic rings. The summed E-state index contributed by atoms with van der Waals surface area (Å²) in [6.07, 6.45) is 4.11.